The number of carbonyl (C=O) groups excluding carboxylic acids is 1. The second-order valence-electron chi connectivity index (χ2n) is 7.57. The number of aromatic nitrogens is 2. The number of rotatable bonds is 7. The molecule has 2 aromatic rings. The van der Waals surface area contributed by atoms with Crippen LogP contribution in [-0.4, -0.2) is 46.4 Å². The zero-order chi connectivity index (χ0) is 21.0. The maximum Gasteiger partial charge on any atom is 0.246 e. The van der Waals surface area contributed by atoms with Crippen molar-refractivity contribution in [2.45, 2.75) is 40.3 Å². The first-order valence-corrected chi connectivity index (χ1v) is 10.3. The third-order valence-electron chi connectivity index (χ3n) is 4.72. The summed E-state index contributed by atoms with van der Waals surface area (Å²) in [5.41, 5.74) is 1.59. The summed E-state index contributed by atoms with van der Waals surface area (Å²) in [7, 11) is 0. The Balaban J connectivity index is 1.65. The Morgan fingerprint density at radius 1 is 1.38 bits per heavy atom. The van der Waals surface area contributed by atoms with E-state index in [9.17, 15) is 4.79 Å². The molecule has 2 heterocycles. The molecule has 0 N–H and O–H groups in total. The second-order valence-corrected chi connectivity index (χ2v) is 7.93. The van der Waals surface area contributed by atoms with Crippen LogP contribution in [0.25, 0.3) is 6.08 Å². The van der Waals surface area contributed by atoms with Crippen LogP contribution in [0.15, 0.2) is 30.3 Å². The van der Waals surface area contributed by atoms with Gasteiger partial charge in [0.15, 0.2) is 17.6 Å². The zero-order valence-corrected chi connectivity index (χ0v) is 18.1. The lowest BCUT2D eigenvalue weighted by Gasteiger charge is -2.30. The minimum Gasteiger partial charge on any atom is -0.486 e. The topological polar surface area (TPSA) is 56.6 Å². The van der Waals surface area contributed by atoms with Gasteiger partial charge in [-0.3, -0.25) is 9.48 Å². The number of nitrogens with zero attached hydrogens (tertiary/aromatic N) is 3. The molecule has 1 aromatic heterocycles. The number of para-hydroxylation sites is 2. The molecule has 0 spiro atoms. The summed E-state index contributed by atoms with van der Waals surface area (Å²) in [5, 5.41) is 5.04. The van der Waals surface area contributed by atoms with Gasteiger partial charge < -0.3 is 14.4 Å². The van der Waals surface area contributed by atoms with Gasteiger partial charge in [0.1, 0.15) is 11.8 Å². The molecular formula is C22H28ClN3O3. The van der Waals surface area contributed by atoms with Crippen LogP contribution in [0.4, 0.5) is 0 Å². The first-order valence-electron chi connectivity index (χ1n) is 9.97. The van der Waals surface area contributed by atoms with Gasteiger partial charge in [-0.25, -0.2) is 0 Å². The van der Waals surface area contributed by atoms with Crippen molar-refractivity contribution in [1.29, 1.82) is 0 Å². The SMILES string of the molecule is CCN(CC1COc2ccccc2O1)C(=O)/C=C/c1c(C)nn(CC(C)C)c1Cl. The molecule has 3 rings (SSSR count). The van der Waals surface area contributed by atoms with Crippen molar-refractivity contribution in [3.8, 4) is 11.5 Å². The number of likely N-dealkylation sites (N-methyl/N-ethyl adjacent to an activating group) is 1. The van der Waals surface area contributed by atoms with Gasteiger partial charge in [-0.1, -0.05) is 37.6 Å². The van der Waals surface area contributed by atoms with Crippen molar-refractivity contribution in [2.75, 3.05) is 19.7 Å². The molecule has 1 atom stereocenters. The average molecular weight is 418 g/mol. The zero-order valence-electron chi connectivity index (χ0n) is 17.4. The molecule has 0 aliphatic carbocycles. The van der Waals surface area contributed by atoms with E-state index in [1.54, 1.807) is 21.7 Å². The van der Waals surface area contributed by atoms with Crippen molar-refractivity contribution < 1.29 is 14.3 Å². The number of carbonyl (C=O) groups is 1. The summed E-state index contributed by atoms with van der Waals surface area (Å²) >= 11 is 6.46. The quantitative estimate of drug-likeness (QED) is 0.633. The summed E-state index contributed by atoms with van der Waals surface area (Å²) in [5.74, 6) is 1.79. The predicted molar refractivity (Wildman–Crippen MR) is 114 cm³/mol. The molecule has 1 aliphatic heterocycles. The summed E-state index contributed by atoms with van der Waals surface area (Å²) < 4.78 is 13.5. The van der Waals surface area contributed by atoms with Crippen LogP contribution in [0, 0.1) is 12.8 Å². The van der Waals surface area contributed by atoms with E-state index in [0.717, 1.165) is 23.6 Å². The van der Waals surface area contributed by atoms with Gasteiger partial charge >= 0.3 is 0 Å². The van der Waals surface area contributed by atoms with Crippen molar-refractivity contribution in [2.24, 2.45) is 5.92 Å². The van der Waals surface area contributed by atoms with Crippen molar-refractivity contribution in [1.82, 2.24) is 14.7 Å². The maximum absolute atomic E-state index is 12.7. The number of fused-ring (bicyclic) bond motifs is 1. The first kappa shape index (κ1) is 21.2. The van der Waals surface area contributed by atoms with Gasteiger partial charge in [0.25, 0.3) is 0 Å². The number of amides is 1. The van der Waals surface area contributed by atoms with Crippen LogP contribution in [-0.2, 0) is 11.3 Å². The highest BCUT2D eigenvalue weighted by Gasteiger charge is 2.24. The molecule has 7 heteroatoms. The Bertz CT molecular complexity index is 891. The lowest BCUT2D eigenvalue weighted by Crippen LogP contribution is -2.43. The largest absolute Gasteiger partial charge is 0.486 e. The number of benzene rings is 1. The van der Waals surface area contributed by atoms with Crippen molar-refractivity contribution in [3.63, 3.8) is 0 Å². The van der Waals surface area contributed by atoms with E-state index in [2.05, 4.69) is 18.9 Å². The minimum atomic E-state index is -0.207. The standard InChI is InChI=1S/C22H28ClN3O3/c1-5-25(13-17-14-28-19-8-6-7-9-20(19)29-17)21(27)11-10-18-16(4)24-26(22(18)23)12-15(2)3/h6-11,15,17H,5,12-14H2,1-4H3/b11-10+. The molecule has 156 valence electrons. The van der Waals surface area contributed by atoms with E-state index in [1.165, 1.54) is 0 Å². The molecule has 0 saturated carbocycles. The molecule has 0 radical (unpaired) electrons. The predicted octanol–water partition coefficient (Wildman–Crippen LogP) is 4.20. The average Bonchev–Trinajstić information content (AvgIpc) is 2.96. The van der Waals surface area contributed by atoms with Gasteiger partial charge in [-0.2, -0.15) is 5.10 Å². The summed E-state index contributed by atoms with van der Waals surface area (Å²) in [6.07, 6.45) is 3.10. The van der Waals surface area contributed by atoms with Crippen LogP contribution in [0.5, 0.6) is 11.5 Å². The third kappa shape index (κ3) is 5.12. The van der Waals surface area contributed by atoms with Crippen molar-refractivity contribution in [3.05, 3.63) is 46.8 Å². The van der Waals surface area contributed by atoms with Gasteiger partial charge in [-0.05, 0) is 38.0 Å². The number of halogens is 1. The number of aryl methyl sites for hydroxylation is 1. The smallest absolute Gasteiger partial charge is 0.246 e. The van der Waals surface area contributed by atoms with Crippen LogP contribution in [0.1, 0.15) is 32.0 Å². The van der Waals surface area contributed by atoms with Crippen molar-refractivity contribution >= 4 is 23.6 Å². The first-order chi connectivity index (χ1) is 13.9. The van der Waals surface area contributed by atoms with E-state index in [1.807, 2.05) is 38.1 Å². The second kappa shape index (κ2) is 9.35. The highest BCUT2D eigenvalue weighted by Crippen LogP contribution is 2.31. The molecule has 1 amide bonds. The maximum atomic E-state index is 12.7. The normalized spacial score (nSPS) is 15.9. The molecule has 6 nitrogen and oxygen atoms in total. The van der Waals surface area contributed by atoms with E-state index < -0.39 is 0 Å². The highest BCUT2D eigenvalue weighted by molar-refractivity contribution is 6.31. The molecule has 0 fully saturated rings. The Hall–Kier alpha value is -2.47. The minimum absolute atomic E-state index is 0.0953. The number of ether oxygens (including phenoxy) is 2. The number of hydrogen-bond acceptors (Lipinski definition) is 4. The molecular weight excluding hydrogens is 390 g/mol. The fraction of sp³-hybridized carbons (Fsp3) is 0.455. The molecule has 1 aromatic carbocycles. The number of hydrogen-bond donors (Lipinski definition) is 0. The monoisotopic (exact) mass is 417 g/mol. The third-order valence-corrected chi connectivity index (χ3v) is 5.12. The Morgan fingerprint density at radius 3 is 2.79 bits per heavy atom. The van der Waals surface area contributed by atoms with E-state index in [4.69, 9.17) is 21.1 Å². The van der Waals surface area contributed by atoms with Crippen LogP contribution >= 0.6 is 11.6 Å². The highest BCUT2D eigenvalue weighted by atomic mass is 35.5. The molecule has 1 unspecified atom stereocenters. The van der Waals surface area contributed by atoms with E-state index >= 15 is 0 Å². The molecule has 29 heavy (non-hydrogen) atoms. The van der Waals surface area contributed by atoms with Gasteiger partial charge in [0.05, 0.1) is 12.2 Å². The Labute approximate surface area is 177 Å². The molecule has 0 saturated heterocycles. The summed E-state index contributed by atoms with van der Waals surface area (Å²) in [4.78, 5) is 14.5. The van der Waals surface area contributed by atoms with Crippen LogP contribution in [0.2, 0.25) is 5.15 Å². The van der Waals surface area contributed by atoms with Gasteiger partial charge in [0.2, 0.25) is 5.91 Å². The molecule has 0 bridgehead atoms. The van der Waals surface area contributed by atoms with Crippen LogP contribution < -0.4 is 9.47 Å². The fourth-order valence-electron chi connectivity index (χ4n) is 3.26. The van der Waals surface area contributed by atoms with Crippen LogP contribution in [0.3, 0.4) is 0 Å². The molecule has 1 aliphatic rings. The van der Waals surface area contributed by atoms with E-state index in [0.29, 0.717) is 36.5 Å². The Kier molecular flexibility index (Phi) is 6.85. The van der Waals surface area contributed by atoms with Gasteiger partial charge in [0, 0.05) is 24.7 Å². The van der Waals surface area contributed by atoms with E-state index in [-0.39, 0.29) is 12.0 Å². The lowest BCUT2D eigenvalue weighted by molar-refractivity contribution is -0.127. The lowest BCUT2D eigenvalue weighted by atomic mass is 10.2. The summed E-state index contributed by atoms with van der Waals surface area (Å²) in [6.45, 7) is 10.2. The van der Waals surface area contributed by atoms with Gasteiger partial charge in [-0.15, -0.1) is 0 Å². The Morgan fingerprint density at radius 2 is 2.10 bits per heavy atom. The summed E-state index contributed by atoms with van der Waals surface area (Å²) in [6, 6.07) is 7.56. The fourth-order valence-corrected chi connectivity index (χ4v) is 3.56.